The number of carbonyl (C=O) groups is 2. The summed E-state index contributed by atoms with van der Waals surface area (Å²) in [5, 5.41) is 7.25. The highest BCUT2D eigenvalue weighted by Crippen LogP contribution is 2.54. The number of esters is 1. The molecule has 10 heteroatoms. The Bertz CT molecular complexity index is 746. The normalized spacial score (nSPS) is 12.3. The Balaban J connectivity index is 3.37. The van der Waals surface area contributed by atoms with Crippen LogP contribution in [-0.2, 0) is 9.53 Å². The largest absolute Gasteiger partial charge is 0.465 e. The van der Waals surface area contributed by atoms with Gasteiger partial charge in [-0.15, -0.1) is 0 Å². The summed E-state index contributed by atoms with van der Waals surface area (Å²) in [6.45, 7) is 1.68. The minimum absolute atomic E-state index is 0.375. The number of hydrogen-bond donors (Lipinski definition) is 2. The number of para-hydroxylation sites is 1. The molecule has 0 fully saturated rings. The van der Waals surface area contributed by atoms with Crippen LogP contribution in [0.1, 0.15) is 6.92 Å². The van der Waals surface area contributed by atoms with Gasteiger partial charge in [-0.3, -0.25) is 14.0 Å². The van der Waals surface area contributed by atoms with Gasteiger partial charge in [0, 0.05) is 5.69 Å². The molecule has 0 saturated carbocycles. The molecule has 0 saturated heterocycles. The van der Waals surface area contributed by atoms with Crippen molar-refractivity contribution < 1.29 is 14.3 Å². The second-order valence-electron chi connectivity index (χ2n) is 6.58. The van der Waals surface area contributed by atoms with Crippen LogP contribution in [0.15, 0.2) is 35.4 Å². The molecule has 0 aliphatic rings. The fraction of sp³-hybridized carbons (Fsp3) is 0.444. The van der Waals surface area contributed by atoms with Gasteiger partial charge in [0.25, 0.3) is 0 Å². The average Bonchev–Trinajstić information content (AvgIpc) is 2.63. The van der Waals surface area contributed by atoms with E-state index in [1.54, 1.807) is 19.1 Å². The van der Waals surface area contributed by atoms with E-state index in [1.807, 2.05) is 74.5 Å². The lowest BCUT2D eigenvalue weighted by atomic mass is 10.3. The van der Waals surface area contributed by atoms with Crippen LogP contribution in [0.3, 0.4) is 0 Å². The van der Waals surface area contributed by atoms with Gasteiger partial charge in [0.1, 0.15) is 5.29 Å². The first-order valence-corrected chi connectivity index (χ1v) is 10.3. The summed E-state index contributed by atoms with van der Waals surface area (Å²) in [5.41, 5.74) is 3.47. The van der Waals surface area contributed by atoms with Crippen molar-refractivity contribution in [3.63, 3.8) is 0 Å². The van der Waals surface area contributed by atoms with E-state index in [0.717, 1.165) is 0 Å². The molecule has 0 aliphatic heterocycles. The van der Waals surface area contributed by atoms with Crippen LogP contribution in [0.2, 0.25) is 0 Å². The first-order valence-electron chi connectivity index (χ1n) is 8.64. The van der Waals surface area contributed by atoms with E-state index in [1.165, 1.54) is 7.11 Å². The van der Waals surface area contributed by atoms with E-state index in [0.29, 0.717) is 16.7 Å². The van der Waals surface area contributed by atoms with Crippen molar-refractivity contribution in [3.8, 4) is 0 Å². The van der Waals surface area contributed by atoms with E-state index in [2.05, 4.69) is 15.8 Å². The maximum Gasteiger partial charge on any atom is 0.343 e. The zero-order chi connectivity index (χ0) is 21.5. The Labute approximate surface area is 167 Å². The summed E-state index contributed by atoms with van der Waals surface area (Å²) >= 11 is 0. The number of urea groups is 1. The average molecular weight is 410 g/mol. The predicted octanol–water partition coefficient (Wildman–Crippen LogP) is 1.98. The highest BCUT2D eigenvalue weighted by atomic mass is 31.2. The van der Waals surface area contributed by atoms with Gasteiger partial charge in [0.15, 0.2) is 0 Å². The van der Waals surface area contributed by atoms with Crippen LogP contribution in [0.5, 0.6) is 0 Å². The lowest BCUT2D eigenvalue weighted by Crippen LogP contribution is -2.41. The van der Waals surface area contributed by atoms with E-state index >= 15 is 0 Å². The van der Waals surface area contributed by atoms with Crippen LogP contribution in [0.25, 0.3) is 0 Å². The number of nitrogens with zero attached hydrogens (tertiary/aromatic N) is 4. The van der Waals surface area contributed by atoms with Crippen molar-refractivity contribution in [3.05, 3.63) is 30.3 Å². The number of hydrazone groups is 1. The van der Waals surface area contributed by atoms with Gasteiger partial charge in [-0.25, -0.2) is 15.0 Å². The second kappa shape index (κ2) is 10.4. The van der Waals surface area contributed by atoms with Gasteiger partial charge in [0.05, 0.1) is 20.2 Å². The van der Waals surface area contributed by atoms with Crippen LogP contribution in [-0.4, -0.2) is 86.4 Å². The van der Waals surface area contributed by atoms with Gasteiger partial charge in [0.2, 0.25) is 0 Å². The lowest BCUT2D eigenvalue weighted by molar-refractivity contribution is -0.132. The summed E-state index contributed by atoms with van der Waals surface area (Å²) in [6, 6.07) is 8.52. The molecule has 0 radical (unpaired) electrons. The van der Waals surface area contributed by atoms with Crippen LogP contribution in [0.4, 0.5) is 10.5 Å². The van der Waals surface area contributed by atoms with Crippen molar-refractivity contribution >= 4 is 36.0 Å². The third-order valence-corrected chi connectivity index (χ3v) is 8.50. The van der Waals surface area contributed by atoms with Crippen molar-refractivity contribution in [2.75, 3.05) is 54.7 Å². The number of amides is 2. The third kappa shape index (κ3) is 5.20. The smallest absolute Gasteiger partial charge is 0.343 e. The van der Waals surface area contributed by atoms with E-state index in [9.17, 15) is 9.59 Å². The molecular formula is C18H31N6O3P. The number of anilines is 1. The lowest BCUT2D eigenvalue weighted by Gasteiger charge is -2.44. The Morgan fingerprint density at radius 2 is 1.46 bits per heavy atom. The molecule has 0 spiro atoms. The van der Waals surface area contributed by atoms with Gasteiger partial charge >= 0.3 is 12.0 Å². The van der Waals surface area contributed by atoms with Gasteiger partial charge in [-0.1, -0.05) is 18.2 Å². The molecule has 9 nitrogen and oxygen atoms in total. The number of carbonyl (C=O) groups excluding carboxylic acids is 2. The fourth-order valence-corrected chi connectivity index (χ4v) is 7.29. The maximum atomic E-state index is 12.7. The Morgan fingerprint density at radius 1 is 0.964 bits per heavy atom. The van der Waals surface area contributed by atoms with Crippen molar-refractivity contribution in [1.82, 2.24) is 19.4 Å². The quantitative estimate of drug-likeness (QED) is 0.309. The summed E-state index contributed by atoms with van der Waals surface area (Å²) < 4.78 is 11.0. The summed E-state index contributed by atoms with van der Waals surface area (Å²) in [7, 11) is 10.3. The highest BCUT2D eigenvalue weighted by molar-refractivity contribution is 7.73. The maximum absolute atomic E-state index is 12.7. The number of rotatable bonds is 7. The molecule has 1 aromatic rings. The van der Waals surface area contributed by atoms with Crippen molar-refractivity contribution in [2.45, 2.75) is 6.92 Å². The molecule has 0 aromatic heterocycles. The zero-order valence-electron chi connectivity index (χ0n) is 17.8. The summed E-state index contributed by atoms with van der Waals surface area (Å²) in [6.07, 6.45) is 0. The van der Waals surface area contributed by atoms with Gasteiger partial charge < -0.3 is 10.1 Å². The number of hydrogen-bond acceptors (Lipinski definition) is 7. The predicted molar refractivity (Wildman–Crippen MR) is 117 cm³/mol. The third-order valence-electron chi connectivity index (χ3n) is 4.05. The molecule has 0 heterocycles. The zero-order valence-corrected chi connectivity index (χ0v) is 18.7. The molecule has 1 aromatic carbocycles. The first kappa shape index (κ1) is 23.8. The second-order valence-corrected chi connectivity index (χ2v) is 10.6. The minimum Gasteiger partial charge on any atom is -0.465 e. The molecule has 0 aliphatic carbocycles. The molecule has 2 N–H and O–H groups in total. The summed E-state index contributed by atoms with van der Waals surface area (Å²) in [4.78, 5) is 24.9. The molecule has 28 heavy (non-hydrogen) atoms. The topological polar surface area (TPSA) is 89.5 Å². The van der Waals surface area contributed by atoms with Crippen molar-refractivity contribution in [1.29, 1.82) is 0 Å². The molecular weight excluding hydrogens is 379 g/mol. The first-order chi connectivity index (χ1) is 13.1. The Morgan fingerprint density at radius 3 is 1.89 bits per heavy atom. The van der Waals surface area contributed by atoms with Crippen LogP contribution >= 0.6 is 7.34 Å². The molecule has 2 amide bonds. The molecule has 0 unspecified atom stereocenters. The standard InChI is InChI=1S/C18H31N6O3P/c1-14(20-21-18(26)19-15-12-10-9-11-13-15)16(17(25)27-8)28(22(2)3,23(4)5)24(6)7/h9-13H,1-8H3,(H2,19,21,26)/b20-14+. The number of ether oxygens (including phenoxy) is 1. The fourth-order valence-electron chi connectivity index (χ4n) is 3.13. The molecule has 0 atom stereocenters. The Hall–Kier alpha value is -2.19. The van der Waals surface area contributed by atoms with Gasteiger partial charge in [-0.2, -0.15) is 5.10 Å². The number of methoxy groups -OCH3 is 1. The van der Waals surface area contributed by atoms with E-state index < -0.39 is 19.3 Å². The van der Waals surface area contributed by atoms with Crippen LogP contribution < -0.4 is 10.7 Å². The van der Waals surface area contributed by atoms with Gasteiger partial charge in [-0.05, 0) is 61.3 Å². The minimum atomic E-state index is -2.44. The van der Waals surface area contributed by atoms with E-state index in [4.69, 9.17) is 4.74 Å². The Kier molecular flexibility index (Phi) is 8.84. The number of benzene rings is 1. The monoisotopic (exact) mass is 410 g/mol. The summed E-state index contributed by atoms with van der Waals surface area (Å²) in [5.74, 6) is -0.490. The van der Waals surface area contributed by atoms with E-state index in [-0.39, 0.29) is 0 Å². The SMILES string of the molecule is COC(=O)C(/C(C)=N/NC(=O)Nc1ccccc1)=P(N(C)C)(N(C)C)N(C)C. The number of nitrogens with one attached hydrogen (secondary N) is 2. The molecule has 1 rings (SSSR count). The molecule has 156 valence electrons. The highest BCUT2D eigenvalue weighted by Gasteiger charge is 2.36. The van der Waals surface area contributed by atoms with Crippen LogP contribution in [0, 0.1) is 0 Å². The van der Waals surface area contributed by atoms with Crippen molar-refractivity contribution in [2.24, 2.45) is 5.10 Å². The molecule has 0 bridgehead atoms.